The van der Waals surface area contributed by atoms with Crippen molar-refractivity contribution in [2.45, 2.75) is 5.33 Å². The van der Waals surface area contributed by atoms with E-state index in [0.29, 0.717) is 13.2 Å². The number of aromatic nitrogens is 1. The van der Waals surface area contributed by atoms with E-state index in [-0.39, 0.29) is 0 Å². The number of hydrogen-bond acceptors (Lipinski definition) is 3. The topological polar surface area (TPSA) is 31.4 Å². The molecule has 0 fully saturated rings. The van der Waals surface area contributed by atoms with Crippen LogP contribution in [-0.2, 0) is 5.33 Å². The van der Waals surface area contributed by atoms with Crippen molar-refractivity contribution in [3.63, 3.8) is 0 Å². The summed E-state index contributed by atoms with van der Waals surface area (Å²) in [7, 11) is 0. The van der Waals surface area contributed by atoms with Gasteiger partial charge in [0.2, 0.25) is 0 Å². The van der Waals surface area contributed by atoms with E-state index in [4.69, 9.17) is 9.47 Å². The normalized spacial score (nSPS) is 10.2. The minimum absolute atomic E-state index is 0.488. The van der Waals surface area contributed by atoms with Crippen molar-refractivity contribution < 1.29 is 9.47 Å². The molecule has 0 spiro atoms. The summed E-state index contributed by atoms with van der Waals surface area (Å²) < 4.78 is 12.1. The highest BCUT2D eigenvalue weighted by atomic mass is 79.9. The number of ether oxygens (including phenoxy) is 2. The van der Waals surface area contributed by atoms with E-state index in [0.717, 1.165) is 27.0 Å². The molecule has 3 nitrogen and oxygen atoms in total. The van der Waals surface area contributed by atoms with E-state index in [1.54, 1.807) is 6.20 Å². The monoisotopic (exact) mass is 385 g/mol. The molecule has 0 atom stereocenters. The van der Waals surface area contributed by atoms with Gasteiger partial charge in [0.15, 0.2) is 0 Å². The maximum atomic E-state index is 5.57. The van der Waals surface area contributed by atoms with Gasteiger partial charge in [0.25, 0.3) is 0 Å². The molecule has 1 aromatic carbocycles. The van der Waals surface area contributed by atoms with Gasteiger partial charge in [-0.05, 0) is 30.3 Å². The highest BCUT2D eigenvalue weighted by Gasteiger charge is 1.97. The highest BCUT2D eigenvalue weighted by molar-refractivity contribution is 9.10. The Morgan fingerprint density at radius 1 is 1.00 bits per heavy atom. The van der Waals surface area contributed by atoms with Crippen LogP contribution >= 0.6 is 31.9 Å². The van der Waals surface area contributed by atoms with Gasteiger partial charge in [-0.25, -0.2) is 0 Å². The second kappa shape index (κ2) is 7.50. The van der Waals surface area contributed by atoms with Crippen LogP contribution in [-0.4, -0.2) is 18.2 Å². The largest absolute Gasteiger partial charge is 0.490 e. The van der Waals surface area contributed by atoms with E-state index in [1.165, 1.54) is 0 Å². The van der Waals surface area contributed by atoms with Crippen LogP contribution in [0.2, 0.25) is 0 Å². The van der Waals surface area contributed by atoms with Crippen LogP contribution in [0.4, 0.5) is 0 Å². The summed E-state index contributed by atoms with van der Waals surface area (Å²) in [5.41, 5.74) is 0.984. The van der Waals surface area contributed by atoms with E-state index in [1.807, 2.05) is 36.4 Å². The smallest absolute Gasteiger partial charge is 0.137 e. The Kier molecular flexibility index (Phi) is 5.66. The van der Waals surface area contributed by atoms with Crippen molar-refractivity contribution in [1.82, 2.24) is 4.98 Å². The van der Waals surface area contributed by atoms with Crippen LogP contribution in [0.5, 0.6) is 11.5 Å². The van der Waals surface area contributed by atoms with Crippen molar-refractivity contribution in [3.05, 3.63) is 52.8 Å². The summed E-state index contributed by atoms with van der Waals surface area (Å²) in [6, 6.07) is 11.6. The number of alkyl halides is 1. The summed E-state index contributed by atoms with van der Waals surface area (Å²) >= 11 is 6.75. The van der Waals surface area contributed by atoms with Crippen molar-refractivity contribution in [2.24, 2.45) is 0 Å². The third kappa shape index (κ3) is 4.84. The second-order valence-corrected chi connectivity index (χ2v) is 5.25. The lowest BCUT2D eigenvalue weighted by molar-refractivity contribution is 0.216. The molecule has 2 aromatic rings. The van der Waals surface area contributed by atoms with Gasteiger partial charge in [0.1, 0.15) is 24.7 Å². The maximum Gasteiger partial charge on any atom is 0.137 e. The molecule has 0 saturated heterocycles. The van der Waals surface area contributed by atoms with Gasteiger partial charge in [-0.1, -0.05) is 37.9 Å². The molecule has 0 aliphatic carbocycles. The number of rotatable bonds is 6. The Morgan fingerprint density at radius 2 is 1.79 bits per heavy atom. The first-order chi connectivity index (χ1) is 9.28. The lowest BCUT2D eigenvalue weighted by atomic mass is 10.3. The number of halogens is 2. The molecule has 19 heavy (non-hydrogen) atoms. The fourth-order valence-corrected chi connectivity index (χ4v) is 2.16. The van der Waals surface area contributed by atoms with Crippen molar-refractivity contribution in [3.8, 4) is 11.5 Å². The summed E-state index contributed by atoms with van der Waals surface area (Å²) in [5, 5.41) is 0.749. The predicted octanol–water partition coefficient (Wildman–Crippen LogP) is 4.20. The van der Waals surface area contributed by atoms with Crippen LogP contribution in [0.3, 0.4) is 0 Å². The molecule has 0 aliphatic rings. The fraction of sp³-hybridized carbons (Fsp3) is 0.214. The SMILES string of the molecule is BrCc1ccc(OCCOc2cccc(Br)c2)cn1. The summed E-state index contributed by atoms with van der Waals surface area (Å²) in [4.78, 5) is 4.23. The van der Waals surface area contributed by atoms with Gasteiger partial charge < -0.3 is 9.47 Å². The third-order valence-corrected chi connectivity index (χ3v) is 3.42. The molecule has 1 aromatic heterocycles. The lowest BCUT2D eigenvalue weighted by Gasteiger charge is -2.08. The second-order valence-electron chi connectivity index (χ2n) is 3.77. The zero-order chi connectivity index (χ0) is 13.5. The Balaban J connectivity index is 1.74. The molecule has 5 heteroatoms. The zero-order valence-electron chi connectivity index (χ0n) is 10.2. The molecule has 1 heterocycles. The summed E-state index contributed by atoms with van der Waals surface area (Å²) in [5.74, 6) is 1.58. The molecule has 0 unspecified atom stereocenters. The van der Waals surface area contributed by atoms with Crippen LogP contribution in [0, 0.1) is 0 Å². The minimum atomic E-state index is 0.488. The van der Waals surface area contributed by atoms with Crippen LogP contribution in [0.15, 0.2) is 47.1 Å². The lowest BCUT2D eigenvalue weighted by Crippen LogP contribution is -2.09. The number of benzene rings is 1. The summed E-state index contributed by atoms with van der Waals surface area (Å²) in [6.45, 7) is 0.985. The summed E-state index contributed by atoms with van der Waals surface area (Å²) in [6.07, 6.45) is 1.72. The molecule has 0 amide bonds. The van der Waals surface area contributed by atoms with Crippen molar-refractivity contribution in [2.75, 3.05) is 13.2 Å². The van der Waals surface area contributed by atoms with E-state index < -0.39 is 0 Å². The Morgan fingerprint density at radius 3 is 2.42 bits per heavy atom. The highest BCUT2D eigenvalue weighted by Crippen LogP contribution is 2.17. The average molecular weight is 387 g/mol. The quantitative estimate of drug-likeness (QED) is 0.550. The van der Waals surface area contributed by atoms with E-state index in [2.05, 4.69) is 36.8 Å². The van der Waals surface area contributed by atoms with Gasteiger partial charge in [-0.15, -0.1) is 0 Å². The zero-order valence-corrected chi connectivity index (χ0v) is 13.4. The first kappa shape index (κ1) is 14.3. The molecule has 0 bridgehead atoms. The molecule has 0 aliphatic heterocycles. The van der Waals surface area contributed by atoms with Crippen LogP contribution in [0.25, 0.3) is 0 Å². The van der Waals surface area contributed by atoms with E-state index >= 15 is 0 Å². The maximum absolute atomic E-state index is 5.57. The van der Waals surface area contributed by atoms with Gasteiger partial charge in [0, 0.05) is 9.80 Å². The Labute approximate surface area is 129 Å². The van der Waals surface area contributed by atoms with Crippen molar-refractivity contribution >= 4 is 31.9 Å². The molecule has 0 radical (unpaired) electrons. The predicted molar refractivity (Wildman–Crippen MR) is 82.0 cm³/mol. The third-order valence-electron chi connectivity index (χ3n) is 2.35. The molecular weight excluding hydrogens is 374 g/mol. The number of pyridine rings is 1. The molecule has 100 valence electrons. The van der Waals surface area contributed by atoms with E-state index in [9.17, 15) is 0 Å². The van der Waals surface area contributed by atoms with Gasteiger partial charge >= 0.3 is 0 Å². The van der Waals surface area contributed by atoms with Gasteiger partial charge in [-0.2, -0.15) is 0 Å². The van der Waals surface area contributed by atoms with Crippen LogP contribution in [0.1, 0.15) is 5.69 Å². The Bertz CT molecular complexity index is 517. The van der Waals surface area contributed by atoms with Crippen LogP contribution < -0.4 is 9.47 Å². The minimum Gasteiger partial charge on any atom is -0.490 e. The first-order valence-corrected chi connectivity index (χ1v) is 7.71. The standard InChI is InChI=1S/C14H13Br2NO2/c15-9-12-4-5-14(10-17-12)19-7-6-18-13-3-1-2-11(16)8-13/h1-5,8,10H,6-7,9H2. The Hall–Kier alpha value is -1.07. The van der Waals surface area contributed by atoms with Gasteiger partial charge in [0.05, 0.1) is 11.9 Å². The fourth-order valence-electron chi connectivity index (χ4n) is 1.45. The van der Waals surface area contributed by atoms with Gasteiger partial charge in [-0.3, -0.25) is 4.98 Å². The average Bonchev–Trinajstić information content (AvgIpc) is 2.44. The molecule has 0 N–H and O–H groups in total. The number of nitrogens with zero attached hydrogens (tertiary/aromatic N) is 1. The van der Waals surface area contributed by atoms with Crippen molar-refractivity contribution in [1.29, 1.82) is 0 Å². The molecular formula is C14H13Br2NO2. The molecule has 0 saturated carbocycles. The number of hydrogen-bond donors (Lipinski definition) is 0. The molecule has 2 rings (SSSR count). The first-order valence-electron chi connectivity index (χ1n) is 5.80.